The van der Waals surface area contributed by atoms with Gasteiger partial charge in [-0.15, -0.1) is 0 Å². The van der Waals surface area contributed by atoms with Crippen LogP contribution in [0, 0.1) is 5.82 Å². The molecular formula is C12H8ClFN2O2. The van der Waals surface area contributed by atoms with Gasteiger partial charge in [-0.1, -0.05) is 11.6 Å². The van der Waals surface area contributed by atoms with Gasteiger partial charge in [-0.25, -0.2) is 19.2 Å². The third-order valence-corrected chi connectivity index (χ3v) is 2.59. The second-order valence-electron chi connectivity index (χ2n) is 3.45. The van der Waals surface area contributed by atoms with Crippen LogP contribution in [0.1, 0.15) is 10.4 Å². The number of esters is 1. The van der Waals surface area contributed by atoms with Crippen LogP contribution in [-0.4, -0.2) is 23.0 Å². The van der Waals surface area contributed by atoms with Gasteiger partial charge in [-0.2, -0.15) is 0 Å². The Balaban J connectivity index is 2.55. The lowest BCUT2D eigenvalue weighted by molar-refractivity contribution is 0.0600. The molecule has 18 heavy (non-hydrogen) atoms. The molecule has 0 bridgehead atoms. The molecule has 0 aliphatic rings. The van der Waals surface area contributed by atoms with Gasteiger partial charge in [0.2, 0.25) is 0 Å². The molecular weight excluding hydrogens is 259 g/mol. The molecule has 4 nitrogen and oxygen atoms in total. The first kappa shape index (κ1) is 12.4. The Morgan fingerprint density at radius 1 is 1.39 bits per heavy atom. The molecule has 0 radical (unpaired) electrons. The molecule has 0 fully saturated rings. The van der Waals surface area contributed by atoms with E-state index in [1.807, 2.05) is 0 Å². The molecule has 0 saturated heterocycles. The van der Waals surface area contributed by atoms with E-state index in [2.05, 4.69) is 14.7 Å². The molecule has 6 heteroatoms. The predicted molar refractivity (Wildman–Crippen MR) is 63.8 cm³/mol. The highest BCUT2D eigenvalue weighted by molar-refractivity contribution is 6.32. The van der Waals surface area contributed by atoms with Crippen LogP contribution >= 0.6 is 11.6 Å². The summed E-state index contributed by atoms with van der Waals surface area (Å²) in [6.07, 6.45) is 2.73. The maximum atomic E-state index is 13.5. The fourth-order valence-electron chi connectivity index (χ4n) is 1.49. The van der Waals surface area contributed by atoms with Crippen LogP contribution in [0.25, 0.3) is 11.1 Å². The van der Waals surface area contributed by atoms with Gasteiger partial charge < -0.3 is 4.74 Å². The van der Waals surface area contributed by atoms with Gasteiger partial charge >= 0.3 is 5.97 Å². The molecule has 0 unspecified atom stereocenters. The van der Waals surface area contributed by atoms with Crippen LogP contribution in [-0.2, 0) is 4.74 Å². The van der Waals surface area contributed by atoms with Gasteiger partial charge in [0.1, 0.15) is 17.3 Å². The minimum absolute atomic E-state index is 0.104. The van der Waals surface area contributed by atoms with Crippen LogP contribution < -0.4 is 0 Å². The highest BCUT2D eigenvalue weighted by Crippen LogP contribution is 2.26. The number of aromatic nitrogens is 2. The standard InChI is InChI=1S/C12H8ClFN2O2/c1-18-12(17)8-2-7(3-9(14)4-8)10-5-15-6-16-11(10)13/h2-6H,1H3. The molecule has 1 heterocycles. The third-order valence-electron chi connectivity index (χ3n) is 2.29. The Bertz CT molecular complexity index is 604. The first-order valence-electron chi connectivity index (χ1n) is 4.96. The Labute approximate surface area is 107 Å². The minimum Gasteiger partial charge on any atom is -0.465 e. The van der Waals surface area contributed by atoms with Crippen molar-refractivity contribution in [2.45, 2.75) is 0 Å². The highest BCUT2D eigenvalue weighted by Gasteiger charge is 2.12. The number of carbonyl (C=O) groups excluding carboxylic acids is 1. The van der Waals surface area contributed by atoms with Crippen molar-refractivity contribution in [2.75, 3.05) is 7.11 Å². The van der Waals surface area contributed by atoms with Gasteiger partial charge in [-0.05, 0) is 23.8 Å². The molecule has 0 N–H and O–H groups in total. The monoisotopic (exact) mass is 266 g/mol. The summed E-state index contributed by atoms with van der Waals surface area (Å²) in [5.74, 6) is -1.18. The zero-order chi connectivity index (χ0) is 13.1. The first-order valence-corrected chi connectivity index (χ1v) is 5.34. The average Bonchev–Trinajstić information content (AvgIpc) is 2.37. The lowest BCUT2D eigenvalue weighted by Gasteiger charge is -2.05. The van der Waals surface area contributed by atoms with E-state index in [-0.39, 0.29) is 10.7 Å². The van der Waals surface area contributed by atoms with Crippen LogP contribution in [0.3, 0.4) is 0 Å². The third kappa shape index (κ3) is 2.46. The lowest BCUT2D eigenvalue weighted by atomic mass is 10.1. The highest BCUT2D eigenvalue weighted by atomic mass is 35.5. The number of nitrogens with zero attached hydrogens (tertiary/aromatic N) is 2. The summed E-state index contributed by atoms with van der Waals surface area (Å²) >= 11 is 5.89. The summed E-state index contributed by atoms with van der Waals surface area (Å²) in [5.41, 5.74) is 0.970. The van der Waals surface area contributed by atoms with Crippen LogP contribution in [0.2, 0.25) is 5.15 Å². The normalized spacial score (nSPS) is 10.2. The van der Waals surface area contributed by atoms with Crippen molar-refractivity contribution in [1.29, 1.82) is 0 Å². The average molecular weight is 267 g/mol. The lowest BCUT2D eigenvalue weighted by Crippen LogP contribution is -2.02. The van der Waals surface area contributed by atoms with E-state index in [1.165, 1.54) is 31.8 Å². The maximum Gasteiger partial charge on any atom is 0.337 e. The molecule has 0 aliphatic carbocycles. The summed E-state index contributed by atoms with van der Waals surface area (Å²) in [7, 11) is 1.23. The van der Waals surface area contributed by atoms with E-state index >= 15 is 0 Å². The number of halogens is 2. The Hall–Kier alpha value is -2.01. The van der Waals surface area contributed by atoms with Crippen molar-refractivity contribution in [2.24, 2.45) is 0 Å². The number of methoxy groups -OCH3 is 1. The van der Waals surface area contributed by atoms with Crippen LogP contribution in [0.5, 0.6) is 0 Å². The number of rotatable bonds is 2. The second-order valence-corrected chi connectivity index (χ2v) is 3.81. The van der Waals surface area contributed by atoms with Gasteiger partial charge in [-0.3, -0.25) is 0 Å². The zero-order valence-corrected chi connectivity index (χ0v) is 10.1. The van der Waals surface area contributed by atoms with Crippen molar-refractivity contribution >= 4 is 17.6 Å². The SMILES string of the molecule is COC(=O)c1cc(F)cc(-c2cncnc2Cl)c1. The Morgan fingerprint density at radius 2 is 2.17 bits per heavy atom. The minimum atomic E-state index is -0.622. The molecule has 92 valence electrons. The van der Waals surface area contributed by atoms with Crippen molar-refractivity contribution in [1.82, 2.24) is 9.97 Å². The number of carbonyl (C=O) groups is 1. The molecule has 2 aromatic rings. The second kappa shape index (κ2) is 5.10. The summed E-state index contributed by atoms with van der Waals surface area (Å²) in [4.78, 5) is 19.0. The Morgan fingerprint density at radius 3 is 2.83 bits per heavy atom. The fourth-order valence-corrected chi connectivity index (χ4v) is 1.69. The maximum absolute atomic E-state index is 13.5. The zero-order valence-electron chi connectivity index (χ0n) is 9.35. The van der Waals surface area contributed by atoms with E-state index < -0.39 is 11.8 Å². The quantitative estimate of drug-likeness (QED) is 0.619. The summed E-state index contributed by atoms with van der Waals surface area (Å²) in [5, 5.41) is 0.186. The van der Waals surface area contributed by atoms with Crippen molar-refractivity contribution in [3.63, 3.8) is 0 Å². The van der Waals surface area contributed by atoms with E-state index in [0.29, 0.717) is 11.1 Å². The number of benzene rings is 1. The number of hydrogen-bond acceptors (Lipinski definition) is 4. The molecule has 0 atom stereocenters. The molecule has 0 saturated carbocycles. The van der Waals surface area contributed by atoms with Crippen molar-refractivity contribution in [3.8, 4) is 11.1 Å². The van der Waals surface area contributed by atoms with E-state index in [1.54, 1.807) is 0 Å². The van der Waals surface area contributed by atoms with Crippen LogP contribution in [0.4, 0.5) is 4.39 Å². The molecule has 1 aromatic heterocycles. The van der Waals surface area contributed by atoms with E-state index in [4.69, 9.17) is 11.6 Å². The molecule has 2 rings (SSSR count). The van der Waals surface area contributed by atoms with Gasteiger partial charge in [0.15, 0.2) is 0 Å². The van der Waals surface area contributed by atoms with E-state index in [9.17, 15) is 9.18 Å². The Kier molecular flexibility index (Phi) is 3.53. The number of hydrogen-bond donors (Lipinski definition) is 0. The van der Waals surface area contributed by atoms with Crippen molar-refractivity contribution < 1.29 is 13.9 Å². The van der Waals surface area contributed by atoms with E-state index in [0.717, 1.165) is 6.07 Å². The topological polar surface area (TPSA) is 52.1 Å². The van der Waals surface area contributed by atoms with Gasteiger partial charge in [0, 0.05) is 11.8 Å². The molecule has 0 amide bonds. The van der Waals surface area contributed by atoms with Gasteiger partial charge in [0.25, 0.3) is 0 Å². The molecule has 0 spiro atoms. The van der Waals surface area contributed by atoms with Crippen LogP contribution in [0.15, 0.2) is 30.7 Å². The summed E-state index contributed by atoms with van der Waals surface area (Å²) < 4.78 is 18.0. The van der Waals surface area contributed by atoms with Crippen molar-refractivity contribution in [3.05, 3.63) is 47.3 Å². The largest absolute Gasteiger partial charge is 0.465 e. The molecule has 0 aliphatic heterocycles. The van der Waals surface area contributed by atoms with Gasteiger partial charge in [0.05, 0.1) is 12.7 Å². The smallest absolute Gasteiger partial charge is 0.337 e. The predicted octanol–water partition coefficient (Wildman–Crippen LogP) is 2.72. The first-order chi connectivity index (χ1) is 8.61. The fraction of sp³-hybridized carbons (Fsp3) is 0.0833. The molecule has 1 aromatic carbocycles. The summed E-state index contributed by atoms with van der Waals surface area (Å²) in [6, 6.07) is 3.81. The number of ether oxygens (including phenoxy) is 1. The summed E-state index contributed by atoms with van der Waals surface area (Å²) in [6.45, 7) is 0.